The van der Waals surface area contributed by atoms with E-state index in [9.17, 15) is 22.0 Å². The molecule has 0 spiro atoms. The van der Waals surface area contributed by atoms with Gasteiger partial charge >= 0.3 is 6.18 Å². The van der Waals surface area contributed by atoms with Crippen LogP contribution in [-0.4, -0.2) is 29.8 Å². The van der Waals surface area contributed by atoms with Crippen LogP contribution in [0.3, 0.4) is 0 Å². The summed E-state index contributed by atoms with van der Waals surface area (Å²) in [4.78, 5) is 0. The Morgan fingerprint density at radius 3 is 2.55 bits per heavy atom. The van der Waals surface area contributed by atoms with Crippen molar-refractivity contribution in [2.24, 2.45) is 5.16 Å². The van der Waals surface area contributed by atoms with E-state index in [1.165, 1.54) is 0 Å². The van der Waals surface area contributed by atoms with E-state index in [1.54, 1.807) is 0 Å². The number of halogens is 5. The highest BCUT2D eigenvalue weighted by molar-refractivity contribution is 6.01. The molecule has 1 aromatic rings. The van der Waals surface area contributed by atoms with Crippen molar-refractivity contribution >= 4 is 5.71 Å². The Labute approximate surface area is 111 Å². The van der Waals surface area contributed by atoms with E-state index < -0.39 is 41.8 Å². The van der Waals surface area contributed by atoms with E-state index in [0.29, 0.717) is 6.08 Å². The minimum atomic E-state index is -4.71. The molecule has 1 rings (SSSR count). The fraction of sp³-hybridized carbons (Fsp3) is 0.250. The van der Waals surface area contributed by atoms with Crippen molar-refractivity contribution in [3.05, 3.63) is 48.1 Å². The van der Waals surface area contributed by atoms with Crippen molar-refractivity contribution in [3.63, 3.8) is 0 Å². The minimum absolute atomic E-state index is 0.488. The third-order valence-electron chi connectivity index (χ3n) is 2.32. The van der Waals surface area contributed by atoms with E-state index in [-0.39, 0.29) is 0 Å². The molecule has 0 bridgehead atoms. The van der Waals surface area contributed by atoms with Crippen LogP contribution >= 0.6 is 0 Å². The first-order valence-electron chi connectivity index (χ1n) is 5.27. The molecule has 0 radical (unpaired) electrons. The lowest BCUT2D eigenvalue weighted by Gasteiger charge is -2.17. The Kier molecular flexibility index (Phi) is 5.20. The highest BCUT2D eigenvalue weighted by atomic mass is 19.4. The quantitative estimate of drug-likeness (QED) is 0.298. The van der Waals surface area contributed by atoms with Gasteiger partial charge < -0.3 is 9.94 Å². The molecule has 1 atom stereocenters. The van der Waals surface area contributed by atoms with Gasteiger partial charge in [0.15, 0.2) is 17.7 Å². The lowest BCUT2D eigenvalue weighted by molar-refractivity contribution is -0.199. The van der Waals surface area contributed by atoms with Gasteiger partial charge in [-0.05, 0) is 12.1 Å². The van der Waals surface area contributed by atoms with Gasteiger partial charge in [0.1, 0.15) is 5.71 Å². The molecule has 1 unspecified atom stereocenters. The third kappa shape index (κ3) is 3.77. The van der Waals surface area contributed by atoms with Crippen LogP contribution in [0.1, 0.15) is 5.56 Å². The van der Waals surface area contributed by atoms with Gasteiger partial charge in [0.25, 0.3) is 0 Å². The summed E-state index contributed by atoms with van der Waals surface area (Å²) in [6.45, 7) is 2.09. The second kappa shape index (κ2) is 6.47. The number of hydrogen-bond acceptors (Lipinski definition) is 3. The fourth-order valence-electron chi connectivity index (χ4n) is 1.35. The summed E-state index contributed by atoms with van der Waals surface area (Å²) < 4.78 is 68.0. The molecule has 0 aliphatic carbocycles. The van der Waals surface area contributed by atoms with Crippen LogP contribution in [0, 0.1) is 11.6 Å². The lowest BCUT2D eigenvalue weighted by Crippen LogP contribution is -2.31. The van der Waals surface area contributed by atoms with Gasteiger partial charge in [-0.2, -0.15) is 13.2 Å². The normalized spacial score (nSPS) is 14.2. The maximum Gasteiger partial charge on any atom is 0.418 e. The van der Waals surface area contributed by atoms with Crippen LogP contribution in [0.4, 0.5) is 22.0 Å². The summed E-state index contributed by atoms with van der Waals surface area (Å²) in [5, 5.41) is 11.3. The first kappa shape index (κ1) is 16.1. The maximum absolute atomic E-state index is 13.4. The maximum atomic E-state index is 13.4. The second-order valence-electron chi connectivity index (χ2n) is 3.66. The van der Waals surface area contributed by atoms with Crippen molar-refractivity contribution in [1.29, 1.82) is 0 Å². The summed E-state index contributed by atoms with van der Waals surface area (Å²) >= 11 is 0. The number of ether oxygens (including phenoxy) is 1. The van der Waals surface area contributed by atoms with Gasteiger partial charge in [-0.15, -0.1) is 6.58 Å². The van der Waals surface area contributed by atoms with Crippen LogP contribution < -0.4 is 0 Å². The van der Waals surface area contributed by atoms with Gasteiger partial charge in [0.2, 0.25) is 0 Å². The van der Waals surface area contributed by atoms with Gasteiger partial charge in [-0.25, -0.2) is 8.78 Å². The van der Waals surface area contributed by atoms with Crippen LogP contribution in [-0.2, 0) is 4.74 Å². The SMILES string of the molecule is C=CC(OCC(=NO)c1cccc(F)c1F)C(F)(F)F. The smallest absolute Gasteiger partial charge is 0.411 e. The molecule has 1 N–H and O–H groups in total. The molecular formula is C12H10F5NO2. The molecule has 0 fully saturated rings. The van der Waals surface area contributed by atoms with Crippen molar-refractivity contribution in [2.45, 2.75) is 12.3 Å². The van der Waals surface area contributed by atoms with Gasteiger partial charge in [-0.1, -0.05) is 17.3 Å². The fourth-order valence-corrected chi connectivity index (χ4v) is 1.35. The molecule has 0 aliphatic heterocycles. The molecule has 0 aliphatic rings. The predicted molar refractivity (Wildman–Crippen MR) is 60.7 cm³/mol. The van der Waals surface area contributed by atoms with Gasteiger partial charge in [-0.3, -0.25) is 0 Å². The lowest BCUT2D eigenvalue weighted by atomic mass is 10.1. The van der Waals surface area contributed by atoms with Gasteiger partial charge in [0.05, 0.1) is 6.61 Å². The average molecular weight is 295 g/mol. The minimum Gasteiger partial charge on any atom is -0.411 e. The van der Waals surface area contributed by atoms with Crippen LogP contribution in [0.15, 0.2) is 36.0 Å². The standard InChI is InChI=1S/C12H10F5NO2/c1-2-10(12(15,16)17)20-6-9(18-19)7-4-3-5-8(13)11(7)14/h2-5,10,19H,1,6H2. The molecule has 1 aromatic carbocycles. The topological polar surface area (TPSA) is 41.8 Å². The summed E-state index contributed by atoms with van der Waals surface area (Å²) in [5.74, 6) is -2.56. The Hall–Kier alpha value is -1.96. The molecule has 0 saturated heterocycles. The van der Waals surface area contributed by atoms with Crippen molar-refractivity contribution in [2.75, 3.05) is 6.61 Å². The molecule has 0 amide bonds. The monoisotopic (exact) mass is 295 g/mol. The molecule has 8 heteroatoms. The van der Waals surface area contributed by atoms with Crippen molar-refractivity contribution in [3.8, 4) is 0 Å². The molecule has 20 heavy (non-hydrogen) atoms. The number of rotatable bonds is 5. The zero-order valence-electron chi connectivity index (χ0n) is 9.99. The zero-order chi connectivity index (χ0) is 15.3. The van der Waals surface area contributed by atoms with E-state index in [4.69, 9.17) is 5.21 Å². The van der Waals surface area contributed by atoms with E-state index in [0.717, 1.165) is 18.2 Å². The summed E-state index contributed by atoms with van der Waals surface area (Å²) in [6, 6.07) is 2.98. The Bertz CT molecular complexity index is 513. The largest absolute Gasteiger partial charge is 0.418 e. The van der Waals surface area contributed by atoms with Crippen LogP contribution in [0.25, 0.3) is 0 Å². The Morgan fingerprint density at radius 1 is 1.40 bits per heavy atom. The number of nitrogens with zero attached hydrogens (tertiary/aromatic N) is 1. The van der Waals surface area contributed by atoms with E-state index >= 15 is 0 Å². The first-order valence-corrected chi connectivity index (χ1v) is 5.27. The molecule has 110 valence electrons. The highest BCUT2D eigenvalue weighted by Crippen LogP contribution is 2.24. The molecule has 0 aromatic heterocycles. The molecule has 3 nitrogen and oxygen atoms in total. The summed E-state index contributed by atoms with van der Waals surface area (Å²) in [7, 11) is 0. The van der Waals surface area contributed by atoms with E-state index in [2.05, 4.69) is 16.5 Å². The Balaban J connectivity index is 2.89. The number of oxime groups is 1. The third-order valence-corrected chi connectivity index (χ3v) is 2.32. The van der Waals surface area contributed by atoms with Gasteiger partial charge in [0, 0.05) is 5.56 Å². The number of alkyl halides is 3. The zero-order valence-corrected chi connectivity index (χ0v) is 9.99. The summed E-state index contributed by atoms with van der Waals surface area (Å²) in [6.07, 6.45) is -6.52. The number of benzene rings is 1. The average Bonchev–Trinajstić information content (AvgIpc) is 2.37. The van der Waals surface area contributed by atoms with Crippen molar-refractivity contribution < 1.29 is 31.9 Å². The van der Waals surface area contributed by atoms with Crippen LogP contribution in [0.2, 0.25) is 0 Å². The highest BCUT2D eigenvalue weighted by Gasteiger charge is 2.38. The number of hydrogen-bond donors (Lipinski definition) is 1. The van der Waals surface area contributed by atoms with E-state index in [1.807, 2.05) is 0 Å². The second-order valence-corrected chi connectivity index (χ2v) is 3.66. The molecule has 0 heterocycles. The first-order chi connectivity index (χ1) is 9.31. The Morgan fingerprint density at radius 2 is 2.05 bits per heavy atom. The predicted octanol–water partition coefficient (Wildman–Crippen LogP) is 3.28. The summed E-state index contributed by atoms with van der Waals surface area (Å²) in [5.41, 5.74) is -1.06. The van der Waals surface area contributed by atoms with Crippen LogP contribution in [0.5, 0.6) is 0 Å². The van der Waals surface area contributed by atoms with Crippen molar-refractivity contribution in [1.82, 2.24) is 0 Å². The molecular weight excluding hydrogens is 285 g/mol. The molecule has 0 saturated carbocycles.